The van der Waals surface area contributed by atoms with Gasteiger partial charge in [-0.3, -0.25) is 0 Å². The molecule has 1 aromatic carbocycles. The Bertz CT molecular complexity index is 569. The van der Waals surface area contributed by atoms with E-state index in [4.69, 9.17) is 0 Å². The van der Waals surface area contributed by atoms with Gasteiger partial charge in [-0.05, 0) is 10.4 Å². The van der Waals surface area contributed by atoms with Gasteiger partial charge in [0.25, 0.3) is 0 Å². The van der Waals surface area contributed by atoms with E-state index in [-0.39, 0.29) is 5.95 Å². The lowest BCUT2D eigenvalue weighted by Gasteiger charge is -1.90. The van der Waals surface area contributed by atoms with Gasteiger partial charge in [0.05, 0.1) is 0 Å². The third kappa shape index (κ3) is 1.41. The molecule has 78 valence electrons. The van der Waals surface area contributed by atoms with Crippen LogP contribution in [0.1, 0.15) is 0 Å². The lowest BCUT2D eigenvalue weighted by Crippen LogP contribution is -2.01. The van der Waals surface area contributed by atoms with Crippen LogP contribution in [0.5, 0.6) is 0 Å². The third-order valence-corrected chi connectivity index (χ3v) is 1.96. The Morgan fingerprint density at radius 3 is 2.69 bits per heavy atom. The number of aromatic nitrogens is 8. The van der Waals surface area contributed by atoms with Crippen LogP contribution >= 0.6 is 0 Å². The van der Waals surface area contributed by atoms with Crippen molar-refractivity contribution in [2.24, 2.45) is 0 Å². The molecule has 8 heteroatoms. The van der Waals surface area contributed by atoms with Crippen molar-refractivity contribution >= 4 is 0 Å². The van der Waals surface area contributed by atoms with Crippen molar-refractivity contribution in [3.8, 4) is 17.3 Å². The van der Waals surface area contributed by atoms with E-state index in [2.05, 4.69) is 36.0 Å². The average molecular weight is 214 g/mol. The van der Waals surface area contributed by atoms with Crippen molar-refractivity contribution in [3.05, 3.63) is 30.3 Å². The van der Waals surface area contributed by atoms with Gasteiger partial charge in [-0.25, -0.2) is 0 Å². The van der Waals surface area contributed by atoms with Crippen molar-refractivity contribution in [3.63, 3.8) is 0 Å². The van der Waals surface area contributed by atoms with Crippen molar-refractivity contribution in [2.75, 3.05) is 0 Å². The molecule has 16 heavy (non-hydrogen) atoms. The zero-order valence-corrected chi connectivity index (χ0v) is 8.02. The maximum absolute atomic E-state index is 4.13. The van der Waals surface area contributed by atoms with Crippen molar-refractivity contribution < 1.29 is 0 Å². The van der Waals surface area contributed by atoms with Gasteiger partial charge >= 0.3 is 5.95 Å². The van der Waals surface area contributed by atoms with Crippen LogP contribution in [0.3, 0.4) is 0 Å². The fourth-order valence-corrected chi connectivity index (χ4v) is 1.24. The lowest BCUT2D eigenvalue weighted by molar-refractivity contribution is 0.680. The van der Waals surface area contributed by atoms with E-state index in [1.54, 1.807) is 0 Å². The number of rotatable bonds is 2. The van der Waals surface area contributed by atoms with E-state index in [1.807, 2.05) is 30.3 Å². The zero-order chi connectivity index (χ0) is 10.8. The van der Waals surface area contributed by atoms with Crippen LogP contribution in [0.15, 0.2) is 30.3 Å². The van der Waals surface area contributed by atoms with Gasteiger partial charge in [-0.2, -0.15) is 5.21 Å². The molecule has 1 N–H and O–H groups in total. The molecule has 3 rings (SSSR count). The average Bonchev–Trinajstić information content (AvgIpc) is 3.01. The minimum atomic E-state index is 0.259. The summed E-state index contributed by atoms with van der Waals surface area (Å²) in [6, 6.07) is 9.54. The number of nitrogens with one attached hydrogen (secondary N) is 1. The maximum atomic E-state index is 4.13. The van der Waals surface area contributed by atoms with E-state index >= 15 is 0 Å². The predicted molar refractivity (Wildman–Crippen MR) is 52.3 cm³/mol. The number of hydrogen-bond acceptors (Lipinski definition) is 6. The standard InChI is InChI=1S/C8H6N8/c1-2-4-6(5-3-1)7-9-15-16(12-7)8-10-13-14-11-8/h1-5H,(H,10,11,13,14). The highest BCUT2D eigenvalue weighted by Gasteiger charge is 2.08. The highest BCUT2D eigenvalue weighted by atomic mass is 15.7. The summed E-state index contributed by atoms with van der Waals surface area (Å²) >= 11 is 0. The first-order valence-electron chi connectivity index (χ1n) is 4.53. The minimum Gasteiger partial charge on any atom is -0.175 e. The van der Waals surface area contributed by atoms with Gasteiger partial charge in [-0.1, -0.05) is 40.2 Å². The van der Waals surface area contributed by atoms with Gasteiger partial charge < -0.3 is 0 Å². The van der Waals surface area contributed by atoms with Crippen LogP contribution in [0.4, 0.5) is 0 Å². The second-order valence-corrected chi connectivity index (χ2v) is 2.98. The first kappa shape index (κ1) is 8.65. The topological polar surface area (TPSA) is 98.1 Å². The molecule has 0 aliphatic rings. The molecule has 0 aliphatic carbocycles. The fraction of sp³-hybridized carbons (Fsp3) is 0. The van der Waals surface area contributed by atoms with Crippen molar-refractivity contribution in [2.45, 2.75) is 0 Å². The van der Waals surface area contributed by atoms with Gasteiger partial charge in [0.2, 0.25) is 5.82 Å². The first-order chi connectivity index (χ1) is 7.93. The smallest absolute Gasteiger partial charge is 0.175 e. The van der Waals surface area contributed by atoms with Crippen LogP contribution in [-0.2, 0) is 0 Å². The number of hydrogen-bond donors (Lipinski definition) is 1. The molecule has 0 radical (unpaired) electrons. The molecule has 0 saturated carbocycles. The van der Waals surface area contributed by atoms with Crippen LogP contribution in [-0.4, -0.2) is 40.8 Å². The Morgan fingerprint density at radius 1 is 1.06 bits per heavy atom. The van der Waals surface area contributed by atoms with Crippen molar-refractivity contribution in [1.82, 2.24) is 40.8 Å². The molecule has 3 aromatic rings. The largest absolute Gasteiger partial charge is 0.309 e. The highest BCUT2D eigenvalue weighted by molar-refractivity contribution is 5.53. The van der Waals surface area contributed by atoms with E-state index in [0.717, 1.165) is 5.56 Å². The van der Waals surface area contributed by atoms with E-state index in [9.17, 15) is 0 Å². The SMILES string of the molecule is c1ccc(-c2nnn(-c3nn[nH]n3)n2)cc1. The fourth-order valence-electron chi connectivity index (χ4n) is 1.24. The number of nitrogens with zero attached hydrogens (tertiary/aromatic N) is 7. The number of tetrazole rings is 2. The summed E-state index contributed by atoms with van der Waals surface area (Å²) in [5, 5.41) is 25.1. The Morgan fingerprint density at radius 2 is 1.94 bits per heavy atom. The first-order valence-corrected chi connectivity index (χ1v) is 4.53. The van der Waals surface area contributed by atoms with Gasteiger partial charge in [0.1, 0.15) is 0 Å². The Balaban J connectivity index is 2.00. The monoisotopic (exact) mass is 214 g/mol. The molecule has 2 heterocycles. The van der Waals surface area contributed by atoms with Crippen LogP contribution in [0.25, 0.3) is 17.3 Å². The van der Waals surface area contributed by atoms with Gasteiger partial charge in [0, 0.05) is 5.56 Å². The zero-order valence-electron chi connectivity index (χ0n) is 8.02. The number of H-pyrrole nitrogens is 1. The molecule has 8 nitrogen and oxygen atoms in total. The number of aromatic amines is 1. The summed E-state index contributed by atoms with van der Waals surface area (Å²) in [5.74, 6) is 0.778. The Labute approximate surface area is 89.3 Å². The summed E-state index contributed by atoms with van der Waals surface area (Å²) < 4.78 is 0. The maximum Gasteiger partial charge on any atom is 0.309 e. The number of benzene rings is 1. The quantitative estimate of drug-likeness (QED) is 0.636. The van der Waals surface area contributed by atoms with Gasteiger partial charge in [-0.15, -0.1) is 15.3 Å². The molecule has 0 unspecified atom stereocenters. The molecule has 0 fully saturated rings. The molecule has 0 spiro atoms. The third-order valence-electron chi connectivity index (χ3n) is 1.96. The van der Waals surface area contributed by atoms with E-state index in [1.165, 1.54) is 4.80 Å². The minimum absolute atomic E-state index is 0.259. The molecular weight excluding hydrogens is 208 g/mol. The molecule has 0 bridgehead atoms. The van der Waals surface area contributed by atoms with Crippen molar-refractivity contribution in [1.29, 1.82) is 0 Å². The normalized spacial score (nSPS) is 10.5. The Kier molecular flexibility index (Phi) is 1.89. The summed E-state index contributed by atoms with van der Waals surface area (Å²) in [6.07, 6.45) is 0. The van der Waals surface area contributed by atoms with Crippen LogP contribution in [0.2, 0.25) is 0 Å². The van der Waals surface area contributed by atoms with Crippen LogP contribution in [0, 0.1) is 0 Å². The second-order valence-electron chi connectivity index (χ2n) is 2.98. The Hall–Kier alpha value is -2.64. The second kappa shape index (κ2) is 3.50. The van der Waals surface area contributed by atoms with E-state index in [0.29, 0.717) is 5.82 Å². The molecular formula is C8H6N8. The molecule has 0 saturated heterocycles. The van der Waals surface area contributed by atoms with Crippen LogP contribution < -0.4 is 0 Å². The lowest BCUT2D eigenvalue weighted by atomic mass is 10.2. The summed E-state index contributed by atoms with van der Waals surface area (Å²) in [7, 11) is 0. The summed E-state index contributed by atoms with van der Waals surface area (Å²) in [6.45, 7) is 0. The molecule has 0 atom stereocenters. The predicted octanol–water partition coefficient (Wildman–Crippen LogP) is -0.158. The molecule has 0 aliphatic heterocycles. The molecule has 0 amide bonds. The van der Waals surface area contributed by atoms with E-state index < -0.39 is 0 Å². The van der Waals surface area contributed by atoms with Gasteiger partial charge in [0.15, 0.2) is 0 Å². The summed E-state index contributed by atoms with van der Waals surface area (Å²) in [5.41, 5.74) is 0.886. The summed E-state index contributed by atoms with van der Waals surface area (Å²) in [4.78, 5) is 1.21. The molecule has 2 aromatic heterocycles. The highest BCUT2D eigenvalue weighted by Crippen LogP contribution is 2.12.